The third-order valence-electron chi connectivity index (χ3n) is 3.05. The molecule has 0 aromatic heterocycles. The van der Waals surface area contributed by atoms with E-state index in [-0.39, 0.29) is 12.5 Å². The third kappa shape index (κ3) is 5.44. The van der Waals surface area contributed by atoms with Gasteiger partial charge in [0.1, 0.15) is 16.9 Å². The molecular formula is C15H22ClNO4. The van der Waals surface area contributed by atoms with Crippen molar-refractivity contribution in [3.8, 4) is 11.5 Å². The Hall–Kier alpha value is -1.46. The number of halogens is 1. The van der Waals surface area contributed by atoms with Crippen molar-refractivity contribution in [1.82, 2.24) is 5.32 Å². The maximum absolute atomic E-state index is 11.7. The van der Waals surface area contributed by atoms with Gasteiger partial charge in [0.25, 0.3) is 0 Å². The fourth-order valence-electron chi connectivity index (χ4n) is 1.83. The van der Waals surface area contributed by atoms with Crippen LogP contribution >= 0.6 is 11.6 Å². The van der Waals surface area contributed by atoms with E-state index in [9.17, 15) is 9.90 Å². The Bertz CT molecular complexity index is 445. The molecule has 0 spiro atoms. The lowest BCUT2D eigenvalue weighted by Crippen LogP contribution is -2.34. The normalized spacial score (nSPS) is 13.4. The molecule has 0 fully saturated rings. The van der Waals surface area contributed by atoms with Crippen molar-refractivity contribution in [3.63, 3.8) is 0 Å². The number of rotatable bonds is 8. The van der Waals surface area contributed by atoms with Crippen LogP contribution in [0.4, 0.5) is 0 Å². The Labute approximate surface area is 130 Å². The molecule has 0 saturated heterocycles. The molecule has 1 aromatic rings. The van der Waals surface area contributed by atoms with Crippen LogP contribution in [0.3, 0.4) is 0 Å². The van der Waals surface area contributed by atoms with E-state index in [0.29, 0.717) is 23.5 Å². The van der Waals surface area contributed by atoms with E-state index in [2.05, 4.69) is 5.32 Å². The van der Waals surface area contributed by atoms with Gasteiger partial charge in [0.05, 0.1) is 20.3 Å². The molecule has 0 saturated carbocycles. The lowest BCUT2D eigenvalue weighted by molar-refractivity contribution is -0.121. The van der Waals surface area contributed by atoms with Crippen LogP contribution < -0.4 is 14.8 Å². The Morgan fingerprint density at radius 2 is 1.86 bits per heavy atom. The molecule has 1 amide bonds. The quantitative estimate of drug-likeness (QED) is 0.722. The maximum Gasteiger partial charge on any atom is 0.238 e. The topological polar surface area (TPSA) is 67.8 Å². The number of nitrogens with one attached hydrogen (secondary N) is 1. The maximum atomic E-state index is 11.7. The fourth-order valence-corrected chi connectivity index (χ4v) is 2.13. The summed E-state index contributed by atoms with van der Waals surface area (Å²) in [4.78, 5) is 11.7. The Kier molecular flexibility index (Phi) is 7.32. The van der Waals surface area contributed by atoms with Gasteiger partial charge >= 0.3 is 0 Å². The van der Waals surface area contributed by atoms with Gasteiger partial charge in [-0.15, -0.1) is 11.6 Å². The minimum absolute atomic E-state index is 0.0854. The van der Waals surface area contributed by atoms with Crippen LogP contribution in [0.5, 0.6) is 11.5 Å². The van der Waals surface area contributed by atoms with E-state index in [1.165, 1.54) is 14.2 Å². The van der Waals surface area contributed by atoms with Crippen molar-refractivity contribution in [3.05, 3.63) is 23.8 Å². The summed E-state index contributed by atoms with van der Waals surface area (Å²) in [5.74, 6) is 0.888. The average Bonchev–Trinajstić information content (AvgIpc) is 2.51. The Morgan fingerprint density at radius 3 is 2.33 bits per heavy atom. The lowest BCUT2D eigenvalue weighted by Gasteiger charge is -2.16. The summed E-state index contributed by atoms with van der Waals surface area (Å²) in [7, 11) is 3.07. The van der Waals surface area contributed by atoms with E-state index in [1.807, 2.05) is 6.92 Å². The van der Waals surface area contributed by atoms with Crippen molar-refractivity contribution in [2.24, 2.45) is 0 Å². The van der Waals surface area contributed by atoms with Crippen LogP contribution in [-0.2, 0) is 4.79 Å². The predicted molar refractivity (Wildman–Crippen MR) is 82.1 cm³/mol. The molecular weight excluding hydrogens is 294 g/mol. The first kappa shape index (κ1) is 17.6. The SMILES string of the molecule is CCCC(Cl)C(=O)NCC(O)c1cc(OC)cc(OC)c1. The van der Waals surface area contributed by atoms with Crippen LogP contribution in [0.1, 0.15) is 31.4 Å². The van der Waals surface area contributed by atoms with Gasteiger partial charge in [-0.2, -0.15) is 0 Å². The molecule has 21 heavy (non-hydrogen) atoms. The molecule has 2 unspecified atom stereocenters. The molecule has 0 aliphatic rings. The van der Waals surface area contributed by atoms with Crippen molar-refractivity contribution >= 4 is 17.5 Å². The number of amides is 1. The highest BCUT2D eigenvalue weighted by Crippen LogP contribution is 2.26. The molecule has 6 heteroatoms. The molecule has 0 heterocycles. The molecule has 0 radical (unpaired) electrons. The summed E-state index contributed by atoms with van der Waals surface area (Å²) in [5, 5.41) is 12.2. The lowest BCUT2D eigenvalue weighted by atomic mass is 10.1. The third-order valence-corrected chi connectivity index (χ3v) is 3.47. The van der Waals surface area contributed by atoms with Gasteiger partial charge in [0.15, 0.2) is 0 Å². The number of ether oxygens (including phenoxy) is 2. The van der Waals surface area contributed by atoms with E-state index < -0.39 is 11.5 Å². The van der Waals surface area contributed by atoms with Crippen LogP contribution in [0, 0.1) is 0 Å². The van der Waals surface area contributed by atoms with Gasteiger partial charge in [-0.05, 0) is 24.1 Å². The highest BCUT2D eigenvalue weighted by Gasteiger charge is 2.17. The van der Waals surface area contributed by atoms with Gasteiger partial charge in [-0.25, -0.2) is 0 Å². The molecule has 0 aliphatic carbocycles. The monoisotopic (exact) mass is 315 g/mol. The number of methoxy groups -OCH3 is 2. The number of hydrogen-bond donors (Lipinski definition) is 2. The van der Waals surface area contributed by atoms with Crippen molar-refractivity contribution in [2.75, 3.05) is 20.8 Å². The zero-order valence-electron chi connectivity index (χ0n) is 12.6. The van der Waals surface area contributed by atoms with Crippen LogP contribution in [0.15, 0.2) is 18.2 Å². The predicted octanol–water partition coefficient (Wildman–Crippen LogP) is 2.26. The van der Waals surface area contributed by atoms with Crippen molar-refractivity contribution in [2.45, 2.75) is 31.2 Å². The summed E-state index contributed by atoms with van der Waals surface area (Å²) in [6.07, 6.45) is 0.580. The minimum Gasteiger partial charge on any atom is -0.497 e. The largest absolute Gasteiger partial charge is 0.497 e. The molecule has 118 valence electrons. The van der Waals surface area contributed by atoms with Gasteiger partial charge in [0, 0.05) is 12.6 Å². The number of aliphatic hydroxyl groups excluding tert-OH is 1. The van der Waals surface area contributed by atoms with Crippen LogP contribution in [0.2, 0.25) is 0 Å². The van der Waals surface area contributed by atoms with Gasteiger partial charge < -0.3 is 19.9 Å². The minimum atomic E-state index is -0.858. The number of alkyl halides is 1. The zero-order valence-corrected chi connectivity index (χ0v) is 13.3. The molecule has 1 rings (SSSR count). The molecule has 2 atom stereocenters. The molecule has 0 bridgehead atoms. The molecule has 1 aromatic carbocycles. The summed E-state index contributed by atoms with van der Waals surface area (Å²) >= 11 is 5.92. The van der Waals surface area contributed by atoms with Crippen LogP contribution in [0.25, 0.3) is 0 Å². The van der Waals surface area contributed by atoms with Gasteiger partial charge in [-0.1, -0.05) is 13.3 Å². The number of benzene rings is 1. The summed E-state index contributed by atoms with van der Waals surface area (Å²) in [5.41, 5.74) is 0.605. The zero-order chi connectivity index (χ0) is 15.8. The second-order valence-electron chi connectivity index (χ2n) is 4.66. The highest BCUT2D eigenvalue weighted by molar-refractivity contribution is 6.30. The summed E-state index contributed by atoms with van der Waals surface area (Å²) < 4.78 is 10.3. The summed E-state index contributed by atoms with van der Waals surface area (Å²) in [6.45, 7) is 2.04. The van der Waals surface area contributed by atoms with E-state index in [4.69, 9.17) is 21.1 Å². The fraction of sp³-hybridized carbons (Fsp3) is 0.533. The second-order valence-corrected chi connectivity index (χ2v) is 5.19. The van der Waals surface area contributed by atoms with E-state index >= 15 is 0 Å². The van der Waals surface area contributed by atoms with Crippen molar-refractivity contribution in [1.29, 1.82) is 0 Å². The second kappa shape index (κ2) is 8.74. The number of aliphatic hydroxyl groups is 1. The Morgan fingerprint density at radius 1 is 1.29 bits per heavy atom. The van der Waals surface area contributed by atoms with E-state index in [0.717, 1.165) is 6.42 Å². The molecule has 5 nitrogen and oxygen atoms in total. The first-order chi connectivity index (χ1) is 10.0. The molecule has 0 aliphatic heterocycles. The number of carbonyl (C=O) groups is 1. The van der Waals surface area contributed by atoms with E-state index in [1.54, 1.807) is 18.2 Å². The average molecular weight is 316 g/mol. The number of hydrogen-bond acceptors (Lipinski definition) is 4. The molecule has 2 N–H and O–H groups in total. The highest BCUT2D eigenvalue weighted by atomic mass is 35.5. The Balaban J connectivity index is 2.67. The summed E-state index contributed by atoms with van der Waals surface area (Å²) in [6, 6.07) is 5.11. The van der Waals surface area contributed by atoms with Crippen molar-refractivity contribution < 1.29 is 19.4 Å². The van der Waals surface area contributed by atoms with Gasteiger partial charge in [-0.3, -0.25) is 4.79 Å². The smallest absolute Gasteiger partial charge is 0.238 e. The van der Waals surface area contributed by atoms with Crippen LogP contribution in [-0.4, -0.2) is 37.2 Å². The van der Waals surface area contributed by atoms with Gasteiger partial charge in [0.2, 0.25) is 5.91 Å². The standard InChI is InChI=1S/C15H22ClNO4/c1-4-5-13(16)15(19)17-9-14(18)10-6-11(20-2)8-12(7-10)21-3/h6-8,13-14,18H,4-5,9H2,1-3H3,(H,17,19). The number of carbonyl (C=O) groups excluding carboxylic acids is 1. The first-order valence-corrected chi connectivity index (χ1v) is 7.28. The first-order valence-electron chi connectivity index (χ1n) is 6.84.